The van der Waals surface area contributed by atoms with Crippen LogP contribution in [-0.2, 0) is 0 Å². The molecule has 0 radical (unpaired) electrons. The molecule has 0 aliphatic heterocycles. The second-order valence-electron chi connectivity index (χ2n) is 6.81. The Bertz CT molecular complexity index is 974. The van der Waals surface area contributed by atoms with Crippen molar-refractivity contribution in [3.8, 4) is 11.1 Å². The normalized spacial score (nSPS) is 11.8. The third-order valence-corrected chi connectivity index (χ3v) is 4.83. The summed E-state index contributed by atoms with van der Waals surface area (Å²) in [6.45, 7) is 5.47. The van der Waals surface area contributed by atoms with Crippen molar-refractivity contribution in [3.63, 3.8) is 0 Å². The second kappa shape index (κ2) is 10.1. The van der Waals surface area contributed by atoms with Gasteiger partial charge >= 0.3 is 0 Å². The van der Waals surface area contributed by atoms with Gasteiger partial charge in [-0.05, 0) is 47.0 Å². The first-order valence-electron chi connectivity index (χ1n) is 9.50. The minimum absolute atomic E-state index is 0.0622. The van der Waals surface area contributed by atoms with Crippen molar-refractivity contribution < 1.29 is 10.2 Å². The van der Waals surface area contributed by atoms with Gasteiger partial charge in [0.2, 0.25) is 0 Å². The van der Waals surface area contributed by atoms with Crippen LogP contribution < -0.4 is 10.6 Å². The number of rotatable bonds is 9. The fraction of sp³-hybridized carbons (Fsp3) is 0.167. The molecule has 4 nitrogen and oxygen atoms in total. The van der Waals surface area contributed by atoms with Gasteiger partial charge in [0.25, 0.3) is 0 Å². The molecule has 4 N–H and O–H groups in total. The van der Waals surface area contributed by atoms with E-state index in [0.29, 0.717) is 23.7 Å². The van der Waals surface area contributed by atoms with Crippen molar-refractivity contribution in [1.29, 1.82) is 0 Å². The second-order valence-corrected chi connectivity index (χ2v) is 7.25. The van der Waals surface area contributed by atoms with Gasteiger partial charge < -0.3 is 20.8 Å². The third-order valence-electron chi connectivity index (χ3n) is 4.59. The summed E-state index contributed by atoms with van der Waals surface area (Å²) in [4.78, 5) is 0. The first-order valence-corrected chi connectivity index (χ1v) is 9.87. The predicted octanol–water partition coefficient (Wildman–Crippen LogP) is 5.27. The summed E-state index contributed by atoms with van der Waals surface area (Å²) in [7, 11) is 0. The molecule has 3 aromatic carbocycles. The standard InChI is InChI=1S/C24H25ClN2O2/c1-17(28)18-5-2-6-19(13-18)20-7-4-10-23(15-20)27-12-11-26-16-24(29)21-8-3-9-22(25)14-21/h2-10,13-15,24,26-29H,1,11-12,16H2/t24-/m0/s1. The van der Waals surface area contributed by atoms with Crippen molar-refractivity contribution in [2.75, 3.05) is 25.0 Å². The van der Waals surface area contributed by atoms with Gasteiger partial charge in [0.1, 0.15) is 5.76 Å². The first-order chi connectivity index (χ1) is 14.0. The van der Waals surface area contributed by atoms with Gasteiger partial charge in [0.05, 0.1) is 6.10 Å². The van der Waals surface area contributed by atoms with Crippen LogP contribution in [0.5, 0.6) is 0 Å². The highest BCUT2D eigenvalue weighted by Gasteiger charge is 2.07. The Balaban J connectivity index is 1.50. The van der Waals surface area contributed by atoms with E-state index in [4.69, 9.17) is 11.6 Å². The van der Waals surface area contributed by atoms with Crippen LogP contribution >= 0.6 is 11.6 Å². The van der Waals surface area contributed by atoms with Crippen LogP contribution in [0.15, 0.2) is 79.4 Å². The molecule has 0 spiro atoms. The molecule has 1 atom stereocenters. The largest absolute Gasteiger partial charge is 0.508 e. The molecule has 5 heteroatoms. The number of anilines is 1. The van der Waals surface area contributed by atoms with Gasteiger partial charge in [-0.3, -0.25) is 0 Å². The summed E-state index contributed by atoms with van der Waals surface area (Å²) in [6.07, 6.45) is -0.592. The Hall–Kier alpha value is -2.79. The monoisotopic (exact) mass is 408 g/mol. The molecule has 29 heavy (non-hydrogen) atoms. The number of halogens is 1. The van der Waals surface area contributed by atoms with Gasteiger partial charge in [-0.1, -0.05) is 60.6 Å². The molecule has 3 aromatic rings. The van der Waals surface area contributed by atoms with Crippen LogP contribution in [0.3, 0.4) is 0 Å². The van der Waals surface area contributed by atoms with E-state index in [2.05, 4.69) is 23.3 Å². The molecular weight excluding hydrogens is 384 g/mol. The molecule has 0 fully saturated rings. The molecule has 0 heterocycles. The van der Waals surface area contributed by atoms with E-state index in [1.165, 1.54) is 0 Å². The Labute approximate surface area is 176 Å². The van der Waals surface area contributed by atoms with Crippen LogP contribution in [0.2, 0.25) is 5.02 Å². The molecule has 0 aliphatic carbocycles. The van der Waals surface area contributed by atoms with Crippen molar-refractivity contribution in [3.05, 3.63) is 95.5 Å². The van der Waals surface area contributed by atoms with Crippen molar-refractivity contribution >= 4 is 23.0 Å². The highest BCUT2D eigenvalue weighted by atomic mass is 35.5. The Kier molecular flexibility index (Phi) is 7.30. The Morgan fingerprint density at radius 3 is 2.41 bits per heavy atom. The average molecular weight is 409 g/mol. The zero-order valence-electron chi connectivity index (χ0n) is 16.1. The average Bonchev–Trinajstić information content (AvgIpc) is 2.73. The van der Waals surface area contributed by atoms with Gasteiger partial charge in [-0.2, -0.15) is 0 Å². The van der Waals surface area contributed by atoms with Crippen molar-refractivity contribution in [1.82, 2.24) is 5.32 Å². The number of aliphatic hydroxyl groups is 2. The molecular formula is C24H25ClN2O2. The van der Waals surface area contributed by atoms with E-state index in [1.807, 2.05) is 54.6 Å². The summed E-state index contributed by atoms with van der Waals surface area (Å²) >= 11 is 5.96. The smallest absolute Gasteiger partial charge is 0.115 e. The quantitative estimate of drug-likeness (QED) is 0.287. The van der Waals surface area contributed by atoms with Gasteiger partial charge in [-0.15, -0.1) is 0 Å². The van der Waals surface area contributed by atoms with Crippen LogP contribution in [0, 0.1) is 0 Å². The van der Waals surface area contributed by atoms with Crippen LogP contribution in [0.4, 0.5) is 5.69 Å². The molecule has 0 unspecified atom stereocenters. The highest BCUT2D eigenvalue weighted by Crippen LogP contribution is 2.25. The number of benzene rings is 3. The minimum Gasteiger partial charge on any atom is -0.508 e. The Morgan fingerprint density at radius 2 is 1.66 bits per heavy atom. The predicted molar refractivity (Wildman–Crippen MR) is 121 cm³/mol. The number of hydrogen-bond acceptors (Lipinski definition) is 4. The van der Waals surface area contributed by atoms with E-state index >= 15 is 0 Å². The van der Waals surface area contributed by atoms with E-state index in [0.717, 1.165) is 28.9 Å². The summed E-state index contributed by atoms with van der Waals surface area (Å²) in [5.74, 6) is 0.0622. The first kappa shape index (κ1) is 20.9. The topological polar surface area (TPSA) is 64.5 Å². The summed E-state index contributed by atoms with van der Waals surface area (Å²) in [6, 6.07) is 23.0. The fourth-order valence-corrected chi connectivity index (χ4v) is 3.25. The van der Waals surface area contributed by atoms with E-state index in [1.54, 1.807) is 12.1 Å². The third kappa shape index (κ3) is 6.09. The molecule has 150 valence electrons. The van der Waals surface area contributed by atoms with Crippen LogP contribution in [-0.4, -0.2) is 29.8 Å². The number of aliphatic hydroxyl groups excluding tert-OH is 2. The lowest BCUT2D eigenvalue weighted by atomic mass is 10.0. The van der Waals surface area contributed by atoms with E-state index in [9.17, 15) is 10.2 Å². The molecule has 3 rings (SSSR count). The molecule has 0 aliphatic rings. The summed E-state index contributed by atoms with van der Waals surface area (Å²) in [5.41, 5.74) is 4.60. The van der Waals surface area contributed by atoms with Crippen molar-refractivity contribution in [2.45, 2.75) is 6.10 Å². The minimum atomic E-state index is -0.592. The lowest BCUT2D eigenvalue weighted by Crippen LogP contribution is -2.26. The maximum atomic E-state index is 10.2. The Morgan fingerprint density at radius 1 is 0.931 bits per heavy atom. The van der Waals surface area contributed by atoms with Crippen LogP contribution in [0.1, 0.15) is 17.2 Å². The van der Waals surface area contributed by atoms with Crippen LogP contribution in [0.25, 0.3) is 16.9 Å². The van der Waals surface area contributed by atoms with Gasteiger partial charge in [0, 0.05) is 35.9 Å². The lowest BCUT2D eigenvalue weighted by Gasteiger charge is -2.13. The zero-order valence-corrected chi connectivity index (χ0v) is 16.9. The maximum Gasteiger partial charge on any atom is 0.115 e. The van der Waals surface area contributed by atoms with Gasteiger partial charge in [-0.25, -0.2) is 0 Å². The number of hydrogen-bond donors (Lipinski definition) is 4. The van der Waals surface area contributed by atoms with E-state index < -0.39 is 6.10 Å². The molecule has 0 saturated heterocycles. The molecule has 0 aromatic heterocycles. The zero-order chi connectivity index (χ0) is 20.6. The molecule has 0 amide bonds. The highest BCUT2D eigenvalue weighted by molar-refractivity contribution is 6.30. The van der Waals surface area contributed by atoms with E-state index in [-0.39, 0.29) is 5.76 Å². The SMILES string of the molecule is C=C(O)c1cccc(-c2cccc(NCCNC[C@H](O)c3cccc(Cl)c3)c2)c1. The summed E-state index contributed by atoms with van der Waals surface area (Å²) < 4.78 is 0. The maximum absolute atomic E-state index is 10.2. The number of nitrogens with one attached hydrogen (secondary N) is 2. The van der Waals surface area contributed by atoms with Gasteiger partial charge in [0.15, 0.2) is 0 Å². The lowest BCUT2D eigenvalue weighted by molar-refractivity contribution is 0.175. The van der Waals surface area contributed by atoms with Crippen molar-refractivity contribution in [2.24, 2.45) is 0 Å². The molecule has 0 bridgehead atoms. The fourth-order valence-electron chi connectivity index (χ4n) is 3.05. The summed E-state index contributed by atoms with van der Waals surface area (Å²) in [5, 5.41) is 27.1. The molecule has 0 saturated carbocycles.